The number of benzene rings is 2. The normalized spacial score (nSPS) is 28.1. The molecule has 10 atom stereocenters. The molecule has 0 spiro atoms. The molecule has 0 saturated carbocycles. The zero-order chi connectivity index (χ0) is 40.0. The highest BCUT2D eigenvalue weighted by molar-refractivity contribution is 5.80. The third kappa shape index (κ3) is 11.1. The van der Waals surface area contributed by atoms with E-state index in [9.17, 15) is 29.8 Å². The van der Waals surface area contributed by atoms with Crippen molar-refractivity contribution >= 4 is 23.9 Å². The molecule has 55 heavy (non-hydrogen) atoms. The Bertz CT molecular complexity index is 1640. The third-order valence-corrected chi connectivity index (χ3v) is 8.44. The van der Waals surface area contributed by atoms with Crippen molar-refractivity contribution in [2.75, 3.05) is 26.9 Å². The maximum atomic E-state index is 13.6. The van der Waals surface area contributed by atoms with E-state index in [2.05, 4.69) is 16.6 Å². The molecule has 2 aromatic rings. The summed E-state index contributed by atoms with van der Waals surface area (Å²) in [6.07, 6.45) is -11.0. The Hall–Kier alpha value is -4.91. The van der Waals surface area contributed by atoms with Crippen LogP contribution in [0.2, 0.25) is 0 Å². The van der Waals surface area contributed by atoms with Gasteiger partial charge in [-0.15, -0.1) is 6.58 Å². The fourth-order valence-corrected chi connectivity index (χ4v) is 6.18. The summed E-state index contributed by atoms with van der Waals surface area (Å²) in [6.45, 7) is 5.27. The maximum absolute atomic E-state index is 13.6. The van der Waals surface area contributed by atoms with Gasteiger partial charge in [0.1, 0.15) is 18.3 Å². The standard InChI is InChI=1S/C37H45N3O15/c1-6-17-50-37(36(45)46-5)34(53-24(4)44)32(52-23(3)43)31(51-22(2)42)30(55-37)28(18-41)54-35-33(48-20-26-15-11-8-12-16-26)29(27(21-49-35)39-40-38)47-19-25-13-9-7-10-14-25/h6-16,27-35,41H,1,17-21H2,2-5H3/t27-,28+,29-,30+,31-,32-,33+,34-,35+,37+/m0/s1. The van der Waals surface area contributed by atoms with Gasteiger partial charge >= 0.3 is 29.7 Å². The molecule has 2 aliphatic heterocycles. The maximum Gasteiger partial charge on any atom is 0.370 e. The Morgan fingerprint density at radius 3 is 1.98 bits per heavy atom. The number of aliphatic hydroxyl groups is 1. The molecule has 18 heteroatoms. The Morgan fingerprint density at radius 1 is 0.909 bits per heavy atom. The minimum atomic E-state index is -2.70. The van der Waals surface area contributed by atoms with Crippen molar-refractivity contribution < 1.29 is 71.7 Å². The minimum Gasteiger partial charge on any atom is -0.465 e. The molecule has 0 bridgehead atoms. The molecular formula is C37H45N3O15. The van der Waals surface area contributed by atoms with Crippen LogP contribution in [0, 0.1) is 0 Å². The van der Waals surface area contributed by atoms with E-state index < -0.39 is 97.9 Å². The quantitative estimate of drug-likeness (QED) is 0.0574. The first-order valence-electron chi connectivity index (χ1n) is 17.2. The smallest absolute Gasteiger partial charge is 0.370 e. The van der Waals surface area contributed by atoms with Crippen LogP contribution in [-0.4, -0.2) is 117 Å². The topological polar surface area (TPSA) is 230 Å². The van der Waals surface area contributed by atoms with Crippen molar-refractivity contribution in [3.05, 3.63) is 94.9 Å². The molecule has 2 aromatic carbocycles. The lowest BCUT2D eigenvalue weighted by molar-refractivity contribution is -0.372. The molecule has 0 radical (unpaired) electrons. The van der Waals surface area contributed by atoms with E-state index in [-0.39, 0.29) is 19.8 Å². The van der Waals surface area contributed by atoms with Gasteiger partial charge in [-0.1, -0.05) is 71.9 Å². The average molecular weight is 772 g/mol. The predicted octanol–water partition coefficient (Wildman–Crippen LogP) is 2.84. The number of hydrogen-bond acceptors (Lipinski definition) is 16. The van der Waals surface area contributed by atoms with E-state index in [4.69, 9.17) is 47.4 Å². The highest BCUT2D eigenvalue weighted by atomic mass is 16.8. The van der Waals surface area contributed by atoms with Gasteiger partial charge < -0.3 is 52.5 Å². The molecule has 0 amide bonds. The first kappa shape index (κ1) is 42.8. The van der Waals surface area contributed by atoms with Crippen LogP contribution in [0.15, 0.2) is 78.4 Å². The Labute approximate surface area is 317 Å². The molecule has 4 rings (SSSR count). The lowest BCUT2D eigenvalue weighted by Gasteiger charge is -2.51. The van der Waals surface area contributed by atoms with Gasteiger partial charge in [-0.05, 0) is 16.7 Å². The van der Waals surface area contributed by atoms with Crippen LogP contribution in [0.1, 0.15) is 31.9 Å². The van der Waals surface area contributed by atoms with Crippen molar-refractivity contribution in [2.24, 2.45) is 5.11 Å². The summed E-state index contributed by atoms with van der Waals surface area (Å²) >= 11 is 0. The van der Waals surface area contributed by atoms with Crippen LogP contribution < -0.4 is 0 Å². The van der Waals surface area contributed by atoms with E-state index in [0.717, 1.165) is 39.0 Å². The lowest BCUT2D eigenvalue weighted by Crippen LogP contribution is -2.73. The fourth-order valence-electron chi connectivity index (χ4n) is 6.18. The predicted molar refractivity (Wildman–Crippen MR) is 187 cm³/mol. The second-order valence-corrected chi connectivity index (χ2v) is 12.4. The number of carbonyl (C=O) groups is 4. The van der Waals surface area contributed by atoms with Crippen LogP contribution in [0.5, 0.6) is 0 Å². The van der Waals surface area contributed by atoms with E-state index >= 15 is 0 Å². The monoisotopic (exact) mass is 771 g/mol. The third-order valence-electron chi connectivity index (χ3n) is 8.44. The number of methoxy groups -OCH3 is 1. The molecule has 2 saturated heterocycles. The molecule has 298 valence electrons. The zero-order valence-corrected chi connectivity index (χ0v) is 30.8. The number of ether oxygens (including phenoxy) is 10. The van der Waals surface area contributed by atoms with E-state index in [1.54, 1.807) is 0 Å². The largest absolute Gasteiger partial charge is 0.465 e. The van der Waals surface area contributed by atoms with E-state index in [1.807, 2.05) is 60.7 Å². The molecule has 2 heterocycles. The van der Waals surface area contributed by atoms with Crippen LogP contribution in [0.25, 0.3) is 10.4 Å². The van der Waals surface area contributed by atoms with Gasteiger partial charge in [0, 0.05) is 25.7 Å². The highest BCUT2D eigenvalue weighted by Crippen LogP contribution is 2.40. The first-order valence-corrected chi connectivity index (χ1v) is 17.2. The lowest BCUT2D eigenvalue weighted by atomic mass is 9.88. The van der Waals surface area contributed by atoms with Crippen molar-refractivity contribution in [3.8, 4) is 0 Å². The van der Waals surface area contributed by atoms with Crippen LogP contribution in [-0.2, 0) is 79.8 Å². The summed E-state index contributed by atoms with van der Waals surface area (Å²) in [7, 11) is 1.00. The summed E-state index contributed by atoms with van der Waals surface area (Å²) < 4.78 is 58.8. The Balaban J connectivity index is 1.80. The van der Waals surface area contributed by atoms with E-state index in [1.165, 1.54) is 6.08 Å². The van der Waals surface area contributed by atoms with Gasteiger partial charge in [0.15, 0.2) is 18.5 Å². The molecule has 1 N–H and O–H groups in total. The summed E-state index contributed by atoms with van der Waals surface area (Å²) in [6, 6.07) is 17.4. The summed E-state index contributed by atoms with van der Waals surface area (Å²) in [5.41, 5.74) is 11.0. The fraction of sp³-hybridized carbons (Fsp3) is 0.514. The number of rotatable bonds is 18. The van der Waals surface area contributed by atoms with Gasteiger partial charge in [-0.3, -0.25) is 14.4 Å². The molecular weight excluding hydrogens is 726 g/mol. The number of hydrogen-bond donors (Lipinski definition) is 1. The number of esters is 4. The van der Waals surface area contributed by atoms with Crippen LogP contribution in [0.3, 0.4) is 0 Å². The Morgan fingerprint density at radius 2 is 1.47 bits per heavy atom. The summed E-state index contributed by atoms with van der Waals surface area (Å²) in [5.74, 6) is -6.74. The van der Waals surface area contributed by atoms with Gasteiger partial charge in [0.05, 0.1) is 52.3 Å². The van der Waals surface area contributed by atoms with E-state index in [0.29, 0.717) is 0 Å². The van der Waals surface area contributed by atoms with Crippen molar-refractivity contribution in [1.82, 2.24) is 0 Å². The first-order chi connectivity index (χ1) is 26.5. The molecule has 2 aliphatic rings. The van der Waals surface area contributed by atoms with Crippen LogP contribution in [0.4, 0.5) is 0 Å². The minimum absolute atomic E-state index is 0.0160. The van der Waals surface area contributed by atoms with Crippen molar-refractivity contribution in [2.45, 2.75) is 94.8 Å². The Kier molecular flexibility index (Phi) is 16.1. The molecule has 0 aliphatic carbocycles. The zero-order valence-electron chi connectivity index (χ0n) is 30.8. The molecule has 18 nitrogen and oxygen atoms in total. The van der Waals surface area contributed by atoms with Crippen molar-refractivity contribution in [1.29, 1.82) is 0 Å². The van der Waals surface area contributed by atoms with Gasteiger partial charge in [0.2, 0.25) is 6.10 Å². The SMILES string of the molecule is C=CCO[C@@]1(C(=O)OC)O[C@H]([C@@H](CO)O[C@H]2OC[C@H](N=[N+]=[N-])[C@H](OCc3ccccc3)[C@H]2OCc2ccccc2)[C@H](OC(C)=O)[C@H](OC(C)=O)[C@@H]1OC(C)=O. The summed E-state index contributed by atoms with van der Waals surface area (Å²) in [4.78, 5) is 54.2. The number of azide groups is 1. The van der Waals surface area contributed by atoms with Gasteiger partial charge in [-0.2, -0.15) is 0 Å². The molecule has 0 aromatic heterocycles. The number of aliphatic hydroxyl groups excluding tert-OH is 1. The van der Waals surface area contributed by atoms with Crippen molar-refractivity contribution in [3.63, 3.8) is 0 Å². The number of carbonyl (C=O) groups excluding carboxylic acids is 4. The molecule has 0 unspecified atom stereocenters. The van der Waals surface area contributed by atoms with Gasteiger partial charge in [0.25, 0.3) is 0 Å². The van der Waals surface area contributed by atoms with Gasteiger partial charge in [-0.25, -0.2) is 4.79 Å². The average Bonchev–Trinajstić information content (AvgIpc) is 3.17. The highest BCUT2D eigenvalue weighted by Gasteiger charge is 2.67. The summed E-state index contributed by atoms with van der Waals surface area (Å²) in [5, 5.41) is 14.8. The van der Waals surface area contributed by atoms with Crippen LogP contribution >= 0.6 is 0 Å². The molecule has 2 fully saturated rings. The second-order valence-electron chi connectivity index (χ2n) is 12.4. The second kappa shape index (κ2) is 20.7. The number of nitrogens with zero attached hydrogens (tertiary/aromatic N) is 3.